The number of alkyl halides is 3. The maximum Gasteiger partial charge on any atom is 0.405 e. The lowest BCUT2D eigenvalue weighted by Crippen LogP contribution is -2.21. The largest absolute Gasteiger partial charge is 0.405 e. The highest BCUT2D eigenvalue weighted by Crippen LogP contribution is 2.22. The molecule has 0 aliphatic rings. The summed E-state index contributed by atoms with van der Waals surface area (Å²) < 4.78 is 36.1. The Morgan fingerprint density at radius 2 is 2.07 bits per heavy atom. The lowest BCUT2D eigenvalue weighted by molar-refractivity contribution is -0.115. The van der Waals surface area contributed by atoms with Crippen LogP contribution in [0.2, 0.25) is 0 Å². The van der Waals surface area contributed by atoms with E-state index < -0.39 is 12.7 Å². The van der Waals surface area contributed by atoms with Crippen LogP contribution < -0.4 is 5.32 Å². The summed E-state index contributed by atoms with van der Waals surface area (Å²) in [4.78, 5) is 0. The molecule has 1 aromatic rings. The van der Waals surface area contributed by atoms with E-state index in [0.29, 0.717) is 15.7 Å². The molecule has 0 aliphatic carbocycles. The van der Waals surface area contributed by atoms with Gasteiger partial charge in [0, 0.05) is 10.2 Å². The van der Waals surface area contributed by atoms with Crippen molar-refractivity contribution < 1.29 is 13.2 Å². The molecule has 80 valence electrons. The molecule has 1 N–H and O–H groups in total. The Labute approximate surface area is 92.8 Å². The fourth-order valence-electron chi connectivity index (χ4n) is 0.918. The summed E-state index contributed by atoms with van der Waals surface area (Å²) in [5.74, 6) is 0. The van der Waals surface area contributed by atoms with Crippen molar-refractivity contribution in [3.63, 3.8) is 0 Å². The number of halogens is 4. The summed E-state index contributed by atoms with van der Waals surface area (Å²) in [7, 11) is 0. The Bertz CT molecular complexity index is 395. The van der Waals surface area contributed by atoms with E-state index >= 15 is 0 Å². The molecule has 1 aromatic carbocycles. The van der Waals surface area contributed by atoms with Gasteiger partial charge >= 0.3 is 6.18 Å². The standard InChI is InChI=1S/C9H6BrF3N2/c10-8-3-7(2-1-6(8)4-14)15-5-9(11,12)13/h1-3,15H,5H2. The second-order valence-electron chi connectivity index (χ2n) is 2.78. The van der Waals surface area contributed by atoms with E-state index in [2.05, 4.69) is 21.2 Å². The van der Waals surface area contributed by atoms with Gasteiger partial charge in [0.1, 0.15) is 12.6 Å². The monoisotopic (exact) mass is 278 g/mol. The van der Waals surface area contributed by atoms with Crippen molar-refractivity contribution in [3.05, 3.63) is 28.2 Å². The normalized spacial score (nSPS) is 10.9. The summed E-state index contributed by atoms with van der Waals surface area (Å²) >= 11 is 3.08. The van der Waals surface area contributed by atoms with Crippen LogP contribution in [0.1, 0.15) is 5.56 Å². The van der Waals surface area contributed by atoms with Crippen LogP contribution in [0.4, 0.5) is 18.9 Å². The number of nitrogens with zero attached hydrogens (tertiary/aromatic N) is 1. The van der Waals surface area contributed by atoms with Gasteiger partial charge in [-0.1, -0.05) is 0 Å². The van der Waals surface area contributed by atoms with Gasteiger partial charge < -0.3 is 5.32 Å². The van der Waals surface area contributed by atoms with Crippen molar-refractivity contribution >= 4 is 21.6 Å². The lowest BCUT2D eigenvalue weighted by Gasteiger charge is -2.09. The van der Waals surface area contributed by atoms with E-state index in [1.54, 1.807) is 0 Å². The molecular weight excluding hydrogens is 273 g/mol. The van der Waals surface area contributed by atoms with Crippen LogP contribution in [0.15, 0.2) is 22.7 Å². The van der Waals surface area contributed by atoms with E-state index in [-0.39, 0.29) is 0 Å². The van der Waals surface area contributed by atoms with Crippen LogP contribution in [-0.2, 0) is 0 Å². The van der Waals surface area contributed by atoms with Gasteiger partial charge in [-0.25, -0.2) is 0 Å². The van der Waals surface area contributed by atoms with Gasteiger partial charge in [0.15, 0.2) is 0 Å². The van der Waals surface area contributed by atoms with Crippen molar-refractivity contribution in [1.29, 1.82) is 5.26 Å². The first kappa shape index (κ1) is 11.9. The third-order valence-electron chi connectivity index (χ3n) is 1.58. The van der Waals surface area contributed by atoms with E-state index in [9.17, 15) is 13.2 Å². The summed E-state index contributed by atoms with van der Waals surface area (Å²) in [5, 5.41) is 10.8. The molecule has 0 saturated carbocycles. The molecule has 0 amide bonds. The van der Waals surface area contributed by atoms with E-state index in [4.69, 9.17) is 5.26 Å². The third kappa shape index (κ3) is 3.80. The van der Waals surface area contributed by atoms with Crippen LogP contribution >= 0.6 is 15.9 Å². The van der Waals surface area contributed by atoms with Crippen LogP contribution in [0, 0.1) is 11.3 Å². The fourth-order valence-corrected chi connectivity index (χ4v) is 1.39. The molecule has 2 nitrogen and oxygen atoms in total. The van der Waals surface area contributed by atoms with Gasteiger partial charge in [-0.15, -0.1) is 0 Å². The van der Waals surface area contributed by atoms with Crippen molar-refractivity contribution in [2.45, 2.75) is 6.18 Å². The predicted molar refractivity (Wildman–Crippen MR) is 53.4 cm³/mol. The molecule has 0 spiro atoms. The molecule has 1 rings (SSSR count). The average Bonchev–Trinajstić information content (AvgIpc) is 2.14. The highest BCUT2D eigenvalue weighted by molar-refractivity contribution is 9.10. The number of anilines is 1. The van der Waals surface area contributed by atoms with Gasteiger partial charge in [-0.2, -0.15) is 18.4 Å². The number of nitrogens with one attached hydrogen (secondary N) is 1. The zero-order valence-corrected chi connectivity index (χ0v) is 8.98. The van der Waals surface area contributed by atoms with Crippen molar-refractivity contribution in [2.24, 2.45) is 0 Å². The highest BCUT2D eigenvalue weighted by atomic mass is 79.9. The Balaban J connectivity index is 2.73. The van der Waals surface area contributed by atoms with Crippen LogP contribution in [0.3, 0.4) is 0 Å². The zero-order chi connectivity index (χ0) is 11.5. The Kier molecular flexibility index (Phi) is 3.58. The number of rotatable bonds is 2. The first-order valence-corrected chi connectivity index (χ1v) is 4.72. The Morgan fingerprint density at radius 3 is 2.53 bits per heavy atom. The molecule has 0 fully saturated rings. The topological polar surface area (TPSA) is 35.8 Å². The van der Waals surface area contributed by atoms with Gasteiger partial charge in [-0.3, -0.25) is 0 Å². The minimum Gasteiger partial charge on any atom is -0.376 e. The minimum atomic E-state index is -4.25. The van der Waals surface area contributed by atoms with Gasteiger partial charge in [0.2, 0.25) is 0 Å². The first-order chi connectivity index (χ1) is 6.92. The second-order valence-corrected chi connectivity index (χ2v) is 3.63. The predicted octanol–water partition coefficient (Wildman–Crippen LogP) is 3.29. The Hall–Kier alpha value is -1.22. The minimum absolute atomic E-state index is 0.318. The molecule has 0 saturated heterocycles. The second kappa shape index (κ2) is 4.53. The van der Waals surface area contributed by atoms with E-state index in [1.165, 1.54) is 18.2 Å². The Morgan fingerprint density at radius 1 is 1.40 bits per heavy atom. The van der Waals surface area contributed by atoms with Gasteiger partial charge in [0.25, 0.3) is 0 Å². The van der Waals surface area contributed by atoms with Gasteiger partial charge in [0.05, 0.1) is 5.56 Å². The molecular formula is C9H6BrF3N2. The zero-order valence-electron chi connectivity index (χ0n) is 7.40. The molecule has 0 aromatic heterocycles. The van der Waals surface area contributed by atoms with Crippen LogP contribution in [0.25, 0.3) is 0 Å². The van der Waals surface area contributed by atoms with Crippen LogP contribution in [-0.4, -0.2) is 12.7 Å². The summed E-state index contributed by atoms with van der Waals surface area (Å²) in [6.07, 6.45) is -4.25. The molecule has 0 heterocycles. The molecule has 0 aliphatic heterocycles. The fraction of sp³-hybridized carbons (Fsp3) is 0.222. The van der Waals surface area contributed by atoms with Crippen molar-refractivity contribution in [1.82, 2.24) is 0 Å². The highest BCUT2D eigenvalue weighted by Gasteiger charge is 2.26. The molecule has 15 heavy (non-hydrogen) atoms. The number of nitriles is 1. The lowest BCUT2D eigenvalue weighted by atomic mass is 10.2. The number of benzene rings is 1. The molecule has 0 bridgehead atoms. The molecule has 0 atom stereocenters. The number of hydrogen-bond donors (Lipinski definition) is 1. The summed E-state index contributed by atoms with van der Waals surface area (Å²) in [6.45, 7) is -1.09. The molecule has 0 radical (unpaired) electrons. The summed E-state index contributed by atoms with van der Waals surface area (Å²) in [6, 6.07) is 6.21. The van der Waals surface area contributed by atoms with E-state index in [1.807, 2.05) is 6.07 Å². The van der Waals surface area contributed by atoms with Crippen molar-refractivity contribution in [3.8, 4) is 6.07 Å². The average molecular weight is 279 g/mol. The van der Waals surface area contributed by atoms with Crippen molar-refractivity contribution in [2.75, 3.05) is 11.9 Å². The van der Waals surface area contributed by atoms with Crippen LogP contribution in [0.5, 0.6) is 0 Å². The van der Waals surface area contributed by atoms with Gasteiger partial charge in [-0.05, 0) is 34.1 Å². The maximum absolute atomic E-state index is 11.9. The number of hydrogen-bond acceptors (Lipinski definition) is 2. The molecule has 6 heteroatoms. The maximum atomic E-state index is 11.9. The summed E-state index contributed by atoms with van der Waals surface area (Å²) in [5.41, 5.74) is 0.700. The third-order valence-corrected chi connectivity index (χ3v) is 2.24. The smallest absolute Gasteiger partial charge is 0.376 e. The van der Waals surface area contributed by atoms with E-state index in [0.717, 1.165) is 0 Å². The first-order valence-electron chi connectivity index (χ1n) is 3.92. The SMILES string of the molecule is N#Cc1ccc(NCC(F)(F)F)cc1Br. The molecule has 0 unspecified atom stereocenters. The quantitative estimate of drug-likeness (QED) is 0.901.